The van der Waals surface area contributed by atoms with Crippen LogP contribution in [0.5, 0.6) is 5.75 Å². The molecule has 0 fully saturated rings. The summed E-state index contributed by atoms with van der Waals surface area (Å²) in [5, 5.41) is 31.1. The monoisotopic (exact) mass is 683 g/mol. The van der Waals surface area contributed by atoms with Crippen LogP contribution < -0.4 is 38.1 Å². The van der Waals surface area contributed by atoms with Crippen LogP contribution in [0.15, 0.2) is 54.6 Å². The summed E-state index contributed by atoms with van der Waals surface area (Å²) in [5.74, 6) is -6.50. The number of primary amides is 1. The van der Waals surface area contributed by atoms with Crippen molar-refractivity contribution in [2.24, 2.45) is 17.4 Å². The van der Waals surface area contributed by atoms with Gasteiger partial charge in [-0.15, -0.1) is 0 Å². The number of amides is 6. The number of hydrogen-bond donors (Lipinski definition) is 9. The second-order valence-electron chi connectivity index (χ2n) is 11.7. The van der Waals surface area contributed by atoms with Crippen LogP contribution in [-0.2, 0) is 46.4 Å². The predicted octanol–water partition coefficient (Wildman–Crippen LogP) is -1.41. The Kier molecular flexibility index (Phi) is 15.7. The highest BCUT2D eigenvalue weighted by molar-refractivity contribution is 5.96. The summed E-state index contributed by atoms with van der Waals surface area (Å²) in [6.45, 7) is 4.27. The predicted molar refractivity (Wildman–Crippen MR) is 177 cm³/mol. The van der Waals surface area contributed by atoms with Crippen molar-refractivity contribution in [3.63, 3.8) is 0 Å². The van der Waals surface area contributed by atoms with Gasteiger partial charge in [0, 0.05) is 6.42 Å². The fourth-order valence-electron chi connectivity index (χ4n) is 4.61. The quantitative estimate of drug-likeness (QED) is 0.0834. The van der Waals surface area contributed by atoms with E-state index in [0.29, 0.717) is 17.5 Å². The van der Waals surface area contributed by atoms with E-state index in [0.717, 1.165) is 0 Å². The Morgan fingerprint density at radius 1 is 0.735 bits per heavy atom. The van der Waals surface area contributed by atoms with Gasteiger partial charge in [-0.25, -0.2) is 4.79 Å². The fourth-order valence-corrected chi connectivity index (χ4v) is 4.61. The number of carbonyl (C=O) groups is 7. The summed E-state index contributed by atoms with van der Waals surface area (Å²) in [5.41, 5.74) is 12.4. The zero-order chi connectivity index (χ0) is 36.7. The molecule has 266 valence electrons. The maximum atomic E-state index is 13.5. The summed E-state index contributed by atoms with van der Waals surface area (Å²) in [7, 11) is 0. The van der Waals surface area contributed by atoms with Crippen LogP contribution in [0.4, 0.5) is 0 Å². The zero-order valence-electron chi connectivity index (χ0n) is 27.6. The van der Waals surface area contributed by atoms with Crippen molar-refractivity contribution in [1.29, 1.82) is 0 Å². The maximum absolute atomic E-state index is 13.5. The van der Waals surface area contributed by atoms with Crippen LogP contribution in [0.1, 0.15) is 44.7 Å². The molecular weight excluding hydrogens is 638 g/mol. The van der Waals surface area contributed by atoms with Crippen LogP contribution in [0.2, 0.25) is 0 Å². The maximum Gasteiger partial charge on any atom is 0.326 e. The average Bonchev–Trinajstić information content (AvgIpc) is 3.06. The summed E-state index contributed by atoms with van der Waals surface area (Å²) in [6, 6.07) is 8.73. The number of aliphatic carboxylic acids is 1. The van der Waals surface area contributed by atoms with Crippen molar-refractivity contribution in [2.75, 3.05) is 6.54 Å². The Morgan fingerprint density at radius 3 is 1.92 bits per heavy atom. The van der Waals surface area contributed by atoms with Gasteiger partial charge in [0.15, 0.2) is 0 Å². The molecule has 0 unspecified atom stereocenters. The molecule has 2 aromatic rings. The molecule has 0 aliphatic heterocycles. The lowest BCUT2D eigenvalue weighted by Crippen LogP contribution is -2.59. The first kappa shape index (κ1) is 39.7. The molecule has 16 nitrogen and oxygen atoms in total. The number of carboxylic acid groups (broad SMARTS) is 1. The number of nitrogens with two attached hydrogens (primary N) is 2. The van der Waals surface area contributed by atoms with Crippen LogP contribution >= 0.6 is 0 Å². The summed E-state index contributed by atoms with van der Waals surface area (Å²) in [4.78, 5) is 87.7. The molecule has 0 saturated carbocycles. The number of hydrogen-bond acceptors (Lipinski definition) is 9. The molecule has 2 aromatic carbocycles. The first-order valence-electron chi connectivity index (χ1n) is 15.7. The molecule has 0 aliphatic rings. The van der Waals surface area contributed by atoms with Gasteiger partial charge in [-0.3, -0.25) is 28.8 Å². The second kappa shape index (κ2) is 19.3. The second-order valence-corrected chi connectivity index (χ2v) is 11.7. The lowest BCUT2D eigenvalue weighted by Gasteiger charge is -2.27. The molecule has 11 N–H and O–H groups in total. The molecular formula is C33H45N7O9. The lowest BCUT2D eigenvalue weighted by atomic mass is 9.96. The van der Waals surface area contributed by atoms with Crippen molar-refractivity contribution in [1.82, 2.24) is 26.6 Å². The van der Waals surface area contributed by atoms with Gasteiger partial charge < -0.3 is 48.3 Å². The van der Waals surface area contributed by atoms with E-state index in [-0.39, 0.29) is 18.6 Å². The molecule has 6 amide bonds. The van der Waals surface area contributed by atoms with Gasteiger partial charge in [0.1, 0.15) is 29.9 Å². The van der Waals surface area contributed by atoms with Gasteiger partial charge in [0.25, 0.3) is 0 Å². The number of phenols is 1. The molecule has 6 atom stereocenters. The highest BCUT2D eigenvalue weighted by atomic mass is 16.4. The van der Waals surface area contributed by atoms with E-state index in [4.69, 9.17) is 11.5 Å². The fraction of sp³-hybridized carbons (Fsp3) is 0.424. The Balaban J connectivity index is 2.07. The number of carbonyl (C=O) groups excluding carboxylic acids is 6. The summed E-state index contributed by atoms with van der Waals surface area (Å²) >= 11 is 0. The van der Waals surface area contributed by atoms with Gasteiger partial charge in [0.2, 0.25) is 35.4 Å². The van der Waals surface area contributed by atoms with Gasteiger partial charge in [-0.1, -0.05) is 62.7 Å². The third kappa shape index (κ3) is 13.6. The van der Waals surface area contributed by atoms with Crippen molar-refractivity contribution in [3.05, 3.63) is 65.7 Å². The molecule has 49 heavy (non-hydrogen) atoms. The van der Waals surface area contributed by atoms with Crippen LogP contribution in [0.25, 0.3) is 0 Å². The van der Waals surface area contributed by atoms with Gasteiger partial charge in [-0.2, -0.15) is 0 Å². The zero-order valence-corrected chi connectivity index (χ0v) is 27.6. The number of phenolic OH excluding ortho intramolecular Hbond substituents is 1. The van der Waals surface area contributed by atoms with Crippen LogP contribution in [0, 0.1) is 5.92 Å². The lowest BCUT2D eigenvalue weighted by molar-refractivity contribution is -0.144. The molecule has 0 aliphatic carbocycles. The topological polar surface area (TPSA) is 272 Å². The molecule has 16 heteroatoms. The average molecular weight is 684 g/mol. The van der Waals surface area contributed by atoms with E-state index in [2.05, 4.69) is 26.6 Å². The van der Waals surface area contributed by atoms with Crippen molar-refractivity contribution in [2.45, 2.75) is 76.7 Å². The van der Waals surface area contributed by atoms with Gasteiger partial charge in [-0.05, 0) is 42.5 Å². The Labute approximate surface area is 283 Å². The van der Waals surface area contributed by atoms with E-state index >= 15 is 0 Å². The Morgan fingerprint density at radius 2 is 1.35 bits per heavy atom. The van der Waals surface area contributed by atoms with Gasteiger partial charge in [0.05, 0.1) is 19.0 Å². The summed E-state index contributed by atoms with van der Waals surface area (Å²) in [6.07, 6.45) is -0.0908. The minimum atomic E-state index is -1.61. The van der Waals surface area contributed by atoms with E-state index in [1.165, 1.54) is 19.1 Å². The van der Waals surface area contributed by atoms with Crippen molar-refractivity contribution in [3.8, 4) is 5.75 Å². The third-order valence-corrected chi connectivity index (χ3v) is 7.65. The van der Waals surface area contributed by atoms with E-state index in [1.54, 1.807) is 56.3 Å². The highest BCUT2D eigenvalue weighted by Gasteiger charge is 2.33. The number of aromatic hydroxyl groups is 1. The minimum Gasteiger partial charge on any atom is -0.508 e. The SMILES string of the molecule is CC[C@H](C)[C@H](NC(=O)[C@H](Cc1ccccc1)NC(=O)CNC(=O)[C@H](C)NC(=O)[C@@H](N)Cc1ccc(O)cc1)C(=O)N[C@@H](CC(N)=O)C(=O)O. The van der Waals surface area contributed by atoms with Gasteiger partial charge >= 0.3 is 5.97 Å². The smallest absolute Gasteiger partial charge is 0.326 e. The molecule has 0 spiro atoms. The molecule has 2 rings (SSSR count). The van der Waals surface area contributed by atoms with E-state index in [1.807, 2.05) is 0 Å². The largest absolute Gasteiger partial charge is 0.508 e. The normalized spacial score (nSPS) is 14.4. The number of rotatable bonds is 19. The molecule has 0 saturated heterocycles. The number of benzene rings is 2. The first-order valence-corrected chi connectivity index (χ1v) is 15.7. The molecule has 0 heterocycles. The van der Waals surface area contributed by atoms with Crippen molar-refractivity contribution < 1.29 is 43.8 Å². The first-order chi connectivity index (χ1) is 23.1. The van der Waals surface area contributed by atoms with E-state index < -0.39 is 90.5 Å². The molecule has 0 aromatic heterocycles. The molecule has 0 bridgehead atoms. The standard InChI is InChI=1S/C33H45N7O9/c1-4-18(2)28(32(47)39-25(33(48)49)16-26(35)42)40-31(46)24(15-20-8-6-5-7-9-20)38-27(43)17-36-29(44)19(3)37-30(45)23(34)14-21-10-12-22(41)13-11-21/h5-13,18-19,23-25,28,41H,4,14-17,34H2,1-3H3,(H2,35,42)(H,36,44)(H,37,45)(H,38,43)(H,39,47)(H,40,46)(H,48,49)/t18-,19-,23-,24-,25-,28-/m0/s1. The minimum absolute atomic E-state index is 0.00596. The van der Waals surface area contributed by atoms with Crippen LogP contribution in [0.3, 0.4) is 0 Å². The Bertz CT molecular complexity index is 1470. The van der Waals surface area contributed by atoms with E-state index in [9.17, 15) is 43.8 Å². The van der Waals surface area contributed by atoms with Crippen LogP contribution in [-0.4, -0.2) is 88.4 Å². The Hall–Kier alpha value is -5.51. The van der Waals surface area contributed by atoms with Crippen molar-refractivity contribution >= 4 is 41.4 Å². The number of nitrogens with one attached hydrogen (secondary N) is 5. The summed E-state index contributed by atoms with van der Waals surface area (Å²) < 4.78 is 0. The highest BCUT2D eigenvalue weighted by Crippen LogP contribution is 2.12. The number of carboxylic acids is 1. The molecule has 0 radical (unpaired) electrons. The third-order valence-electron chi connectivity index (χ3n) is 7.65.